The molecule has 0 radical (unpaired) electrons. The number of nitrogens with zero attached hydrogens (tertiary/aromatic N) is 1. The molecule has 1 aromatic rings. The number of hydrogen-bond donors (Lipinski definition) is 2. The molecule has 0 spiro atoms. The minimum atomic E-state index is 0.257. The fourth-order valence-electron chi connectivity index (χ4n) is 1.91. The number of rotatable bonds is 2. The highest BCUT2D eigenvalue weighted by atomic mass is 16.3. The van der Waals surface area contributed by atoms with E-state index in [4.69, 9.17) is 5.11 Å². The first-order valence-electron chi connectivity index (χ1n) is 4.63. The molecule has 3 nitrogen and oxygen atoms in total. The topological polar surface area (TPSA) is 45.1 Å². The molecule has 0 saturated carbocycles. The zero-order chi connectivity index (χ0) is 9.10. The molecule has 1 aromatic heterocycles. The predicted molar refractivity (Wildman–Crippen MR) is 50.4 cm³/mol. The van der Waals surface area contributed by atoms with Crippen LogP contribution in [-0.2, 0) is 0 Å². The second-order valence-corrected chi connectivity index (χ2v) is 3.49. The molecule has 0 aliphatic carbocycles. The van der Waals surface area contributed by atoms with Crippen molar-refractivity contribution in [3.63, 3.8) is 0 Å². The summed E-state index contributed by atoms with van der Waals surface area (Å²) in [6.07, 6.45) is 3.67. The summed E-state index contributed by atoms with van der Waals surface area (Å²) in [6.45, 7) is 2.12. The van der Waals surface area contributed by atoms with E-state index in [0.29, 0.717) is 11.8 Å². The summed E-state index contributed by atoms with van der Waals surface area (Å²) in [5, 5.41) is 12.4. The van der Waals surface area contributed by atoms with E-state index in [1.54, 1.807) is 6.20 Å². The largest absolute Gasteiger partial charge is 0.396 e. The van der Waals surface area contributed by atoms with Gasteiger partial charge in [0.25, 0.3) is 0 Å². The molecule has 3 heteroatoms. The summed E-state index contributed by atoms with van der Waals surface area (Å²) in [6, 6.07) is 4.02. The molecule has 2 atom stereocenters. The lowest BCUT2D eigenvalue weighted by Gasteiger charge is -2.15. The first-order valence-corrected chi connectivity index (χ1v) is 4.63. The predicted octanol–water partition coefficient (Wildman–Crippen LogP) is 0.377. The lowest BCUT2D eigenvalue weighted by Crippen LogP contribution is -2.14. The smallest absolute Gasteiger partial charge is 0.0477 e. The van der Waals surface area contributed by atoms with Crippen LogP contribution < -0.4 is 5.32 Å². The standard InChI is InChI=1S/C10H14N2O/c13-7-9-5-12-6-10(9)8-2-1-3-11-4-8/h1-4,9-10,12-13H,5-7H2/t9-,10+/m0/s1. The summed E-state index contributed by atoms with van der Waals surface area (Å²) in [7, 11) is 0. The van der Waals surface area contributed by atoms with Crippen molar-refractivity contribution in [3.8, 4) is 0 Å². The molecule has 0 aromatic carbocycles. The lowest BCUT2D eigenvalue weighted by atomic mass is 9.91. The van der Waals surface area contributed by atoms with Gasteiger partial charge >= 0.3 is 0 Å². The van der Waals surface area contributed by atoms with E-state index in [2.05, 4.69) is 16.4 Å². The molecule has 1 fully saturated rings. The average Bonchev–Trinajstić information content (AvgIpc) is 2.67. The molecule has 1 saturated heterocycles. The number of aliphatic hydroxyl groups is 1. The number of nitrogens with one attached hydrogen (secondary N) is 1. The van der Waals surface area contributed by atoms with Crippen LogP contribution in [0, 0.1) is 5.92 Å². The van der Waals surface area contributed by atoms with E-state index in [1.807, 2.05) is 12.3 Å². The third-order valence-corrected chi connectivity index (χ3v) is 2.69. The SMILES string of the molecule is OC[C@@H]1CNC[C@@H]1c1cccnc1. The number of hydrogen-bond acceptors (Lipinski definition) is 3. The molecule has 70 valence electrons. The fourth-order valence-corrected chi connectivity index (χ4v) is 1.91. The highest BCUT2D eigenvalue weighted by Crippen LogP contribution is 2.26. The van der Waals surface area contributed by atoms with Crippen LogP contribution in [0.15, 0.2) is 24.5 Å². The van der Waals surface area contributed by atoms with Crippen molar-refractivity contribution in [3.05, 3.63) is 30.1 Å². The maximum absolute atomic E-state index is 9.14. The molecular weight excluding hydrogens is 164 g/mol. The van der Waals surface area contributed by atoms with Gasteiger partial charge in [0.2, 0.25) is 0 Å². The molecule has 2 heterocycles. The molecular formula is C10H14N2O. The van der Waals surface area contributed by atoms with Crippen molar-refractivity contribution in [1.29, 1.82) is 0 Å². The molecule has 0 bridgehead atoms. The fraction of sp³-hybridized carbons (Fsp3) is 0.500. The Kier molecular flexibility index (Phi) is 2.57. The second kappa shape index (κ2) is 3.85. The van der Waals surface area contributed by atoms with Gasteiger partial charge in [0, 0.05) is 43.9 Å². The van der Waals surface area contributed by atoms with Crippen LogP contribution in [0.2, 0.25) is 0 Å². The van der Waals surface area contributed by atoms with Gasteiger partial charge in [0.05, 0.1) is 0 Å². The van der Waals surface area contributed by atoms with E-state index >= 15 is 0 Å². The normalized spacial score (nSPS) is 27.8. The summed E-state index contributed by atoms with van der Waals surface area (Å²) >= 11 is 0. The van der Waals surface area contributed by atoms with E-state index in [0.717, 1.165) is 13.1 Å². The van der Waals surface area contributed by atoms with Crippen molar-refractivity contribution >= 4 is 0 Å². The molecule has 1 aliphatic heterocycles. The zero-order valence-electron chi connectivity index (χ0n) is 7.48. The van der Waals surface area contributed by atoms with Crippen molar-refractivity contribution in [1.82, 2.24) is 10.3 Å². The van der Waals surface area contributed by atoms with E-state index < -0.39 is 0 Å². The van der Waals surface area contributed by atoms with Gasteiger partial charge < -0.3 is 10.4 Å². The maximum Gasteiger partial charge on any atom is 0.0477 e. The van der Waals surface area contributed by atoms with Crippen LogP contribution in [0.4, 0.5) is 0 Å². The highest BCUT2D eigenvalue weighted by Gasteiger charge is 2.27. The Balaban J connectivity index is 2.16. The molecule has 2 rings (SSSR count). The van der Waals surface area contributed by atoms with E-state index in [9.17, 15) is 0 Å². The Morgan fingerprint density at radius 2 is 2.46 bits per heavy atom. The van der Waals surface area contributed by atoms with E-state index in [-0.39, 0.29) is 6.61 Å². The zero-order valence-corrected chi connectivity index (χ0v) is 7.48. The molecule has 0 amide bonds. The lowest BCUT2D eigenvalue weighted by molar-refractivity contribution is 0.226. The average molecular weight is 178 g/mol. The quantitative estimate of drug-likeness (QED) is 0.688. The van der Waals surface area contributed by atoms with Crippen LogP contribution in [0.1, 0.15) is 11.5 Å². The van der Waals surface area contributed by atoms with E-state index in [1.165, 1.54) is 5.56 Å². The second-order valence-electron chi connectivity index (χ2n) is 3.49. The highest BCUT2D eigenvalue weighted by molar-refractivity contribution is 5.18. The maximum atomic E-state index is 9.14. The Labute approximate surface area is 77.8 Å². The van der Waals surface area contributed by atoms with Crippen LogP contribution in [0.3, 0.4) is 0 Å². The summed E-state index contributed by atoms with van der Waals surface area (Å²) in [5.74, 6) is 0.780. The van der Waals surface area contributed by atoms with Crippen molar-refractivity contribution in [2.75, 3.05) is 19.7 Å². The Bertz CT molecular complexity index is 263. The van der Waals surface area contributed by atoms with Crippen molar-refractivity contribution < 1.29 is 5.11 Å². The third-order valence-electron chi connectivity index (χ3n) is 2.69. The first-order chi connectivity index (χ1) is 6.42. The van der Waals surface area contributed by atoms with Gasteiger partial charge in [-0.15, -0.1) is 0 Å². The van der Waals surface area contributed by atoms with Gasteiger partial charge in [-0.05, 0) is 11.6 Å². The van der Waals surface area contributed by atoms with Gasteiger partial charge in [0.15, 0.2) is 0 Å². The van der Waals surface area contributed by atoms with Gasteiger partial charge in [-0.3, -0.25) is 4.98 Å². The van der Waals surface area contributed by atoms with Gasteiger partial charge in [-0.1, -0.05) is 6.07 Å². The first kappa shape index (κ1) is 8.66. The Hall–Kier alpha value is -0.930. The van der Waals surface area contributed by atoms with Crippen LogP contribution >= 0.6 is 0 Å². The Morgan fingerprint density at radius 1 is 1.54 bits per heavy atom. The van der Waals surface area contributed by atoms with Crippen LogP contribution in [0.5, 0.6) is 0 Å². The third kappa shape index (κ3) is 1.71. The summed E-state index contributed by atoms with van der Waals surface area (Å²) < 4.78 is 0. The molecule has 13 heavy (non-hydrogen) atoms. The minimum Gasteiger partial charge on any atom is -0.396 e. The summed E-state index contributed by atoms with van der Waals surface area (Å²) in [5.41, 5.74) is 1.23. The molecule has 2 N–H and O–H groups in total. The van der Waals surface area contributed by atoms with Crippen molar-refractivity contribution in [2.24, 2.45) is 5.92 Å². The minimum absolute atomic E-state index is 0.257. The number of aromatic nitrogens is 1. The van der Waals surface area contributed by atoms with Crippen LogP contribution in [0.25, 0.3) is 0 Å². The monoisotopic (exact) mass is 178 g/mol. The van der Waals surface area contributed by atoms with Gasteiger partial charge in [0.1, 0.15) is 0 Å². The number of aliphatic hydroxyl groups excluding tert-OH is 1. The molecule has 1 aliphatic rings. The number of pyridine rings is 1. The molecule has 0 unspecified atom stereocenters. The van der Waals surface area contributed by atoms with Gasteiger partial charge in [-0.25, -0.2) is 0 Å². The van der Waals surface area contributed by atoms with Gasteiger partial charge in [-0.2, -0.15) is 0 Å². The van der Waals surface area contributed by atoms with Crippen molar-refractivity contribution in [2.45, 2.75) is 5.92 Å². The van der Waals surface area contributed by atoms with Crippen LogP contribution in [-0.4, -0.2) is 29.8 Å². The Morgan fingerprint density at radius 3 is 3.15 bits per heavy atom. The summed E-state index contributed by atoms with van der Waals surface area (Å²) in [4.78, 5) is 4.09.